The van der Waals surface area contributed by atoms with Crippen LogP contribution in [-0.2, 0) is 24.0 Å². The number of hydrogen-bond acceptors (Lipinski definition) is 8. The number of aliphatic carboxylic acids is 1. The van der Waals surface area contributed by atoms with Crippen LogP contribution in [0.3, 0.4) is 0 Å². The largest absolute Gasteiger partial charge is 0.480 e. The first-order valence-electron chi connectivity index (χ1n) is 10.6. The van der Waals surface area contributed by atoms with Crippen molar-refractivity contribution in [3.63, 3.8) is 0 Å². The number of hydrogen-bond donors (Lipinski definition) is 7. The van der Waals surface area contributed by atoms with Crippen molar-refractivity contribution < 1.29 is 34.2 Å². The summed E-state index contributed by atoms with van der Waals surface area (Å²) in [5, 5.41) is 22.9. The molecule has 0 aliphatic carbocycles. The molecule has 1 aliphatic rings. The number of rotatable bonds is 14. The number of likely N-dealkylation sites (tertiary alicyclic amines) is 1. The molecule has 0 aromatic rings. The van der Waals surface area contributed by atoms with Crippen LogP contribution in [0.15, 0.2) is 0 Å². The summed E-state index contributed by atoms with van der Waals surface area (Å²) in [4.78, 5) is 61.4. The highest BCUT2D eigenvalue weighted by molar-refractivity contribution is 5.94. The Morgan fingerprint density at radius 1 is 1.06 bits per heavy atom. The van der Waals surface area contributed by atoms with Crippen LogP contribution in [0.5, 0.6) is 0 Å². The number of amides is 4. The minimum absolute atomic E-state index is 0.0564. The van der Waals surface area contributed by atoms with Gasteiger partial charge in [-0.2, -0.15) is 0 Å². The van der Waals surface area contributed by atoms with Crippen LogP contribution < -0.4 is 27.8 Å². The molecular weight excluding hydrogens is 424 g/mol. The summed E-state index contributed by atoms with van der Waals surface area (Å²) in [7, 11) is 0. The number of carbonyl (C=O) groups is 5. The first-order chi connectivity index (χ1) is 15.1. The van der Waals surface area contributed by atoms with Crippen molar-refractivity contribution in [3.8, 4) is 0 Å². The molecule has 182 valence electrons. The lowest BCUT2D eigenvalue weighted by molar-refractivity contribution is -0.144. The van der Waals surface area contributed by atoms with Crippen molar-refractivity contribution in [1.29, 1.82) is 0 Å². The van der Waals surface area contributed by atoms with E-state index in [2.05, 4.69) is 10.6 Å². The number of carbonyl (C=O) groups excluding carboxylic acids is 4. The third-order valence-corrected chi connectivity index (χ3v) is 5.23. The Labute approximate surface area is 186 Å². The van der Waals surface area contributed by atoms with Gasteiger partial charge in [-0.25, -0.2) is 4.79 Å². The smallest absolute Gasteiger partial charge is 0.328 e. The summed E-state index contributed by atoms with van der Waals surface area (Å²) in [6, 6.07) is -4.41. The quantitative estimate of drug-likeness (QED) is 0.129. The predicted molar refractivity (Wildman–Crippen MR) is 113 cm³/mol. The van der Waals surface area contributed by atoms with Crippen molar-refractivity contribution in [2.75, 3.05) is 19.7 Å². The van der Waals surface area contributed by atoms with Crippen LogP contribution >= 0.6 is 0 Å². The zero-order valence-electron chi connectivity index (χ0n) is 18.0. The maximum atomic E-state index is 12.9. The summed E-state index contributed by atoms with van der Waals surface area (Å²) < 4.78 is 0. The van der Waals surface area contributed by atoms with Gasteiger partial charge in [-0.15, -0.1) is 0 Å². The molecule has 13 heteroatoms. The Morgan fingerprint density at radius 2 is 1.75 bits per heavy atom. The molecule has 4 atom stereocenters. The molecule has 0 aromatic carbocycles. The lowest BCUT2D eigenvalue weighted by atomic mass is 10.1. The second-order valence-electron chi connectivity index (χ2n) is 7.73. The number of carboxylic acid groups (broad SMARTS) is 1. The molecule has 4 amide bonds. The van der Waals surface area contributed by atoms with E-state index >= 15 is 0 Å². The molecule has 1 heterocycles. The standard InChI is InChI=1S/C19H34N6O7/c20-8-2-1-4-12(16(28)24-13(10-26)19(31)32)23-17(29)14-5-3-9-25(14)18(30)11(21)6-7-15(22)27/h11-14,26H,1-10,20-21H2,(H2,22,27)(H,23,29)(H,24,28)(H,31,32). The van der Waals surface area contributed by atoms with Crippen molar-refractivity contribution >= 4 is 29.6 Å². The van der Waals surface area contributed by atoms with E-state index in [0.29, 0.717) is 38.8 Å². The molecule has 32 heavy (non-hydrogen) atoms. The van der Waals surface area contributed by atoms with Gasteiger partial charge in [0.05, 0.1) is 12.6 Å². The zero-order chi connectivity index (χ0) is 24.3. The molecule has 0 bridgehead atoms. The van der Waals surface area contributed by atoms with Gasteiger partial charge >= 0.3 is 5.97 Å². The first-order valence-corrected chi connectivity index (χ1v) is 10.6. The van der Waals surface area contributed by atoms with E-state index in [1.54, 1.807) is 0 Å². The molecule has 0 radical (unpaired) electrons. The minimum atomic E-state index is -1.51. The summed E-state index contributed by atoms with van der Waals surface area (Å²) in [5.74, 6) is -3.81. The normalized spacial score (nSPS) is 18.5. The van der Waals surface area contributed by atoms with E-state index in [-0.39, 0.29) is 19.3 Å². The zero-order valence-corrected chi connectivity index (χ0v) is 18.0. The monoisotopic (exact) mass is 458 g/mol. The van der Waals surface area contributed by atoms with Gasteiger partial charge in [-0.05, 0) is 45.1 Å². The maximum absolute atomic E-state index is 12.9. The van der Waals surface area contributed by atoms with Crippen LogP contribution in [0.1, 0.15) is 44.9 Å². The van der Waals surface area contributed by atoms with Gasteiger partial charge in [-0.1, -0.05) is 0 Å². The Balaban J connectivity index is 2.85. The fraction of sp³-hybridized carbons (Fsp3) is 0.737. The molecule has 0 aromatic heterocycles. The molecule has 1 saturated heterocycles. The summed E-state index contributed by atoms with van der Waals surface area (Å²) in [6.07, 6.45) is 2.21. The van der Waals surface area contributed by atoms with E-state index in [4.69, 9.17) is 27.4 Å². The molecule has 4 unspecified atom stereocenters. The predicted octanol–water partition coefficient (Wildman–Crippen LogP) is -3.25. The highest BCUT2D eigenvalue weighted by atomic mass is 16.4. The van der Waals surface area contributed by atoms with Crippen LogP contribution in [0.4, 0.5) is 0 Å². The fourth-order valence-corrected chi connectivity index (χ4v) is 3.42. The van der Waals surface area contributed by atoms with Crippen LogP contribution in [-0.4, -0.2) is 88.6 Å². The Bertz CT molecular complexity index is 689. The van der Waals surface area contributed by atoms with Crippen molar-refractivity contribution in [2.45, 2.75) is 69.1 Å². The van der Waals surface area contributed by atoms with Gasteiger partial charge in [0, 0.05) is 13.0 Å². The van der Waals surface area contributed by atoms with Crippen molar-refractivity contribution in [1.82, 2.24) is 15.5 Å². The van der Waals surface area contributed by atoms with Crippen LogP contribution in [0, 0.1) is 0 Å². The number of aliphatic hydroxyl groups is 1. The maximum Gasteiger partial charge on any atom is 0.328 e. The minimum Gasteiger partial charge on any atom is -0.480 e. The Kier molecular flexibility index (Phi) is 11.6. The molecule has 1 rings (SSSR count). The lowest BCUT2D eigenvalue weighted by Gasteiger charge is -2.28. The third kappa shape index (κ3) is 8.40. The van der Waals surface area contributed by atoms with Gasteiger partial charge in [0.25, 0.3) is 0 Å². The van der Waals surface area contributed by atoms with Gasteiger partial charge in [0.1, 0.15) is 18.1 Å². The van der Waals surface area contributed by atoms with Gasteiger partial charge < -0.3 is 42.9 Å². The topological polar surface area (TPSA) is 231 Å². The number of nitrogens with zero attached hydrogens (tertiary/aromatic N) is 1. The van der Waals surface area contributed by atoms with Gasteiger partial charge in [0.2, 0.25) is 23.6 Å². The third-order valence-electron chi connectivity index (χ3n) is 5.23. The highest BCUT2D eigenvalue weighted by Crippen LogP contribution is 2.19. The van der Waals surface area contributed by atoms with Crippen molar-refractivity contribution in [3.05, 3.63) is 0 Å². The van der Waals surface area contributed by atoms with E-state index in [1.807, 2.05) is 0 Å². The van der Waals surface area contributed by atoms with E-state index < -0.39 is 60.4 Å². The molecule has 13 nitrogen and oxygen atoms in total. The molecule has 10 N–H and O–H groups in total. The summed E-state index contributed by atoms with van der Waals surface area (Å²) >= 11 is 0. The fourth-order valence-electron chi connectivity index (χ4n) is 3.42. The number of unbranched alkanes of at least 4 members (excludes halogenated alkanes) is 1. The van der Waals surface area contributed by atoms with Crippen molar-refractivity contribution in [2.24, 2.45) is 17.2 Å². The molecule has 0 spiro atoms. The van der Waals surface area contributed by atoms with Gasteiger partial charge in [-0.3, -0.25) is 19.2 Å². The number of carboxylic acids is 1. The molecule has 0 saturated carbocycles. The summed E-state index contributed by atoms with van der Waals surface area (Å²) in [5.41, 5.74) is 16.4. The lowest BCUT2D eigenvalue weighted by Crippen LogP contribution is -2.57. The Morgan fingerprint density at radius 3 is 2.31 bits per heavy atom. The Hall–Kier alpha value is -2.77. The van der Waals surface area contributed by atoms with E-state index in [1.165, 1.54) is 4.90 Å². The van der Waals surface area contributed by atoms with Gasteiger partial charge in [0.15, 0.2) is 0 Å². The molecular formula is C19H34N6O7. The molecule has 1 fully saturated rings. The molecule has 1 aliphatic heterocycles. The first kappa shape index (κ1) is 27.3. The van der Waals surface area contributed by atoms with E-state index in [9.17, 15) is 24.0 Å². The average molecular weight is 459 g/mol. The van der Waals surface area contributed by atoms with Crippen LogP contribution in [0.2, 0.25) is 0 Å². The van der Waals surface area contributed by atoms with E-state index in [0.717, 1.165) is 0 Å². The average Bonchev–Trinajstić information content (AvgIpc) is 3.24. The second-order valence-corrected chi connectivity index (χ2v) is 7.73. The number of primary amides is 1. The SMILES string of the molecule is NCCCCC(NC(=O)C1CCCN1C(=O)C(N)CCC(N)=O)C(=O)NC(CO)C(=O)O. The highest BCUT2D eigenvalue weighted by Gasteiger charge is 2.37. The second kappa shape index (κ2) is 13.6. The summed E-state index contributed by atoms with van der Waals surface area (Å²) in [6.45, 7) is -0.125. The number of nitrogens with one attached hydrogen (secondary N) is 2. The number of aliphatic hydroxyl groups excluding tert-OH is 1. The van der Waals surface area contributed by atoms with Crippen LogP contribution in [0.25, 0.3) is 0 Å². The number of nitrogens with two attached hydrogens (primary N) is 3.